The third kappa shape index (κ3) is 5.03. The second-order valence-corrected chi connectivity index (χ2v) is 10.6. The van der Waals surface area contributed by atoms with E-state index in [9.17, 15) is 0 Å². The van der Waals surface area contributed by atoms with Gasteiger partial charge in [0.05, 0.1) is 19.9 Å². The molecule has 0 atom stereocenters. The minimum atomic E-state index is 0.794. The van der Waals surface area contributed by atoms with E-state index in [4.69, 9.17) is 14.0 Å². The first kappa shape index (κ1) is 27.3. The smallest absolute Gasteiger partial charge is 0.141 e. The highest BCUT2D eigenvalue weighted by molar-refractivity contribution is 9.10. The summed E-state index contributed by atoms with van der Waals surface area (Å²) < 4.78 is 17.2. The Morgan fingerprint density at radius 3 is 1.81 bits per heavy atom. The predicted molar refractivity (Wildman–Crippen MR) is 169 cm³/mol. The van der Waals surface area contributed by atoms with E-state index in [0.29, 0.717) is 0 Å². The summed E-state index contributed by atoms with van der Waals surface area (Å²) in [5.41, 5.74) is 8.81. The maximum absolute atomic E-state index is 5.50. The Kier molecular flexibility index (Phi) is 7.50. The van der Waals surface area contributed by atoms with Crippen molar-refractivity contribution < 1.29 is 14.0 Å². The predicted octanol–water partition coefficient (Wildman–Crippen LogP) is 8.51. The van der Waals surface area contributed by atoms with Crippen LogP contribution in [0.4, 0.5) is 0 Å². The van der Waals surface area contributed by atoms with Gasteiger partial charge in [0.15, 0.2) is 0 Å². The van der Waals surface area contributed by atoms with E-state index in [1.807, 2.05) is 81.0 Å². The number of ether oxygens (including phenoxy) is 2. The summed E-state index contributed by atoms with van der Waals surface area (Å²) in [6.07, 6.45) is 7.55. The van der Waals surface area contributed by atoms with Gasteiger partial charge in [0.25, 0.3) is 0 Å². The zero-order valence-electron chi connectivity index (χ0n) is 23.5. The zero-order chi connectivity index (χ0) is 29.2. The van der Waals surface area contributed by atoms with Crippen molar-refractivity contribution in [2.45, 2.75) is 13.8 Å². The Hall–Kier alpha value is -4.89. The molecule has 0 unspecified atom stereocenters. The van der Waals surface area contributed by atoms with Gasteiger partial charge in [0.1, 0.15) is 28.6 Å². The minimum absolute atomic E-state index is 0.794. The summed E-state index contributed by atoms with van der Waals surface area (Å²) >= 11 is 3.45. The fourth-order valence-corrected chi connectivity index (χ4v) is 5.52. The molecular weight excluding hydrogens is 594 g/mol. The highest BCUT2D eigenvalue weighted by atomic mass is 79.9. The first-order valence-corrected chi connectivity index (χ1v) is 14.1. The molecule has 0 aliphatic carbocycles. The molecule has 2 N–H and O–H groups in total. The average Bonchev–Trinajstić information content (AvgIpc) is 3.73. The summed E-state index contributed by atoms with van der Waals surface area (Å²) in [4.78, 5) is 15.3. The molecule has 0 aliphatic rings. The van der Waals surface area contributed by atoms with Crippen LogP contribution in [-0.2, 0) is 0 Å². The standard InChI is InChI=1S/C19H17N3O2.C14H11BrN2O/c1-11-18(12(2)24-22-11)13-8-15-16(10-21-19(15)20-9-13)14-6-4-5-7-17(14)23-3;1-18-13-5-3-2-4-10(13)12-8-17-14-11(12)6-9(15)7-16-14/h4-10H,1-3H3,(H,20,21);2-8H,1H3,(H,16,17). The van der Waals surface area contributed by atoms with Crippen LogP contribution in [0.1, 0.15) is 11.5 Å². The van der Waals surface area contributed by atoms with Crippen molar-refractivity contribution in [2.75, 3.05) is 14.2 Å². The number of aromatic amines is 2. The van der Waals surface area contributed by atoms with Crippen molar-refractivity contribution in [3.63, 3.8) is 0 Å². The van der Waals surface area contributed by atoms with Crippen molar-refractivity contribution in [3.8, 4) is 44.9 Å². The van der Waals surface area contributed by atoms with Gasteiger partial charge in [-0.25, -0.2) is 9.97 Å². The van der Waals surface area contributed by atoms with Gasteiger partial charge in [-0.05, 0) is 54.0 Å². The number of aromatic nitrogens is 5. The number of halogens is 1. The number of nitrogens with zero attached hydrogens (tertiary/aromatic N) is 3. The minimum Gasteiger partial charge on any atom is -0.496 e. The highest BCUT2D eigenvalue weighted by Gasteiger charge is 2.16. The molecule has 0 saturated heterocycles. The number of nitrogens with one attached hydrogen (secondary N) is 2. The third-order valence-electron chi connectivity index (χ3n) is 7.15. The van der Waals surface area contributed by atoms with E-state index in [0.717, 1.165) is 82.9 Å². The van der Waals surface area contributed by atoms with Gasteiger partial charge < -0.3 is 24.0 Å². The molecule has 0 aliphatic heterocycles. The monoisotopic (exact) mass is 621 g/mol. The summed E-state index contributed by atoms with van der Waals surface area (Å²) in [7, 11) is 3.36. The molecular formula is C33H28BrN5O3. The van der Waals surface area contributed by atoms with E-state index in [1.54, 1.807) is 20.4 Å². The number of rotatable bonds is 5. The van der Waals surface area contributed by atoms with Crippen LogP contribution < -0.4 is 9.47 Å². The van der Waals surface area contributed by atoms with Crippen LogP contribution in [0.15, 0.2) is 94.4 Å². The number of pyridine rings is 2. The van der Waals surface area contributed by atoms with E-state index in [1.165, 1.54) is 0 Å². The SMILES string of the molecule is COc1ccccc1-c1c[nH]c2ncc(-c3c(C)noc3C)cc12.COc1ccccc1-c1c[nH]c2ncc(Br)cc12. The molecule has 5 heterocycles. The Morgan fingerprint density at radius 1 is 0.714 bits per heavy atom. The number of fused-ring (bicyclic) bond motifs is 2. The molecule has 0 fully saturated rings. The molecule has 210 valence electrons. The van der Waals surface area contributed by atoms with Gasteiger partial charge in [-0.2, -0.15) is 0 Å². The molecule has 0 bridgehead atoms. The number of benzene rings is 2. The van der Waals surface area contributed by atoms with E-state index < -0.39 is 0 Å². The quantitative estimate of drug-likeness (QED) is 0.200. The van der Waals surface area contributed by atoms with Crippen molar-refractivity contribution in [3.05, 3.63) is 101 Å². The van der Waals surface area contributed by atoms with E-state index in [-0.39, 0.29) is 0 Å². The van der Waals surface area contributed by atoms with Crippen LogP contribution in [0, 0.1) is 13.8 Å². The van der Waals surface area contributed by atoms with Crippen LogP contribution in [0.2, 0.25) is 0 Å². The lowest BCUT2D eigenvalue weighted by Crippen LogP contribution is -1.88. The number of methoxy groups -OCH3 is 2. The van der Waals surface area contributed by atoms with Gasteiger partial charge in [0.2, 0.25) is 0 Å². The molecule has 0 spiro atoms. The molecule has 8 nitrogen and oxygen atoms in total. The fraction of sp³-hybridized carbons (Fsp3) is 0.121. The second kappa shape index (κ2) is 11.5. The fourth-order valence-electron chi connectivity index (χ4n) is 5.19. The van der Waals surface area contributed by atoms with Crippen LogP contribution in [-0.4, -0.2) is 39.3 Å². The van der Waals surface area contributed by atoms with Crippen LogP contribution in [0.5, 0.6) is 11.5 Å². The molecule has 0 amide bonds. The Morgan fingerprint density at radius 2 is 1.26 bits per heavy atom. The summed E-state index contributed by atoms with van der Waals surface area (Å²) in [6.45, 7) is 3.85. The van der Waals surface area contributed by atoms with E-state index >= 15 is 0 Å². The lowest BCUT2D eigenvalue weighted by Gasteiger charge is -2.07. The van der Waals surface area contributed by atoms with Gasteiger partial charge >= 0.3 is 0 Å². The van der Waals surface area contributed by atoms with Gasteiger partial charge in [-0.15, -0.1) is 0 Å². The molecule has 9 heteroatoms. The van der Waals surface area contributed by atoms with Crippen molar-refractivity contribution in [1.82, 2.24) is 25.1 Å². The molecule has 7 aromatic rings. The number of H-pyrrole nitrogens is 2. The van der Waals surface area contributed by atoms with Crippen LogP contribution in [0.3, 0.4) is 0 Å². The summed E-state index contributed by atoms with van der Waals surface area (Å²) in [5.74, 6) is 2.49. The Bertz CT molecular complexity index is 2000. The zero-order valence-corrected chi connectivity index (χ0v) is 25.1. The van der Waals surface area contributed by atoms with Crippen molar-refractivity contribution >= 4 is 38.0 Å². The first-order valence-electron chi connectivity index (χ1n) is 13.3. The van der Waals surface area contributed by atoms with Gasteiger partial charge in [0, 0.05) is 73.4 Å². The number of hydrogen-bond acceptors (Lipinski definition) is 6. The molecule has 5 aromatic heterocycles. The van der Waals surface area contributed by atoms with Crippen LogP contribution >= 0.6 is 15.9 Å². The molecule has 42 heavy (non-hydrogen) atoms. The van der Waals surface area contributed by atoms with Crippen molar-refractivity contribution in [1.29, 1.82) is 0 Å². The molecule has 7 rings (SSSR count). The Balaban J connectivity index is 0.000000157. The number of para-hydroxylation sites is 2. The lowest BCUT2D eigenvalue weighted by atomic mass is 10.0. The lowest BCUT2D eigenvalue weighted by molar-refractivity contribution is 0.393. The topological polar surface area (TPSA) is 102 Å². The van der Waals surface area contributed by atoms with Gasteiger partial charge in [-0.3, -0.25) is 0 Å². The first-order chi connectivity index (χ1) is 20.5. The normalized spacial score (nSPS) is 11.0. The molecule has 2 aromatic carbocycles. The largest absolute Gasteiger partial charge is 0.496 e. The maximum Gasteiger partial charge on any atom is 0.141 e. The van der Waals surface area contributed by atoms with Gasteiger partial charge in [-0.1, -0.05) is 41.6 Å². The maximum atomic E-state index is 5.50. The number of aryl methyl sites for hydroxylation is 2. The highest BCUT2D eigenvalue weighted by Crippen LogP contribution is 2.37. The molecule has 0 radical (unpaired) electrons. The summed E-state index contributed by atoms with van der Waals surface area (Å²) in [6, 6.07) is 20.1. The van der Waals surface area contributed by atoms with Crippen LogP contribution in [0.25, 0.3) is 55.4 Å². The Labute approximate surface area is 250 Å². The second-order valence-electron chi connectivity index (χ2n) is 9.67. The third-order valence-corrected chi connectivity index (χ3v) is 7.58. The summed E-state index contributed by atoms with van der Waals surface area (Å²) in [5, 5.41) is 6.15. The molecule has 0 saturated carbocycles. The van der Waals surface area contributed by atoms with Crippen molar-refractivity contribution in [2.24, 2.45) is 0 Å². The average molecular weight is 623 g/mol. The number of hydrogen-bond donors (Lipinski definition) is 2. The van der Waals surface area contributed by atoms with E-state index in [2.05, 4.69) is 53.2 Å².